The number of benzene rings is 4. The molecule has 0 spiro atoms. The van der Waals surface area contributed by atoms with Gasteiger partial charge in [-0.05, 0) is 103 Å². The van der Waals surface area contributed by atoms with Crippen LogP contribution in [0, 0.1) is 6.92 Å². The molecule has 304 valence electrons. The fraction of sp³-hybridized carbons (Fsp3) is 0.0600. The molecule has 13 heteroatoms. The first kappa shape index (κ1) is 38.5. The van der Waals surface area contributed by atoms with E-state index in [0.717, 1.165) is 89.5 Å². The topological polar surface area (TPSA) is 155 Å². The molecule has 0 bridgehead atoms. The Bertz CT molecular complexity index is 3300. The number of pyridine rings is 3. The van der Waals surface area contributed by atoms with E-state index < -0.39 is 0 Å². The van der Waals surface area contributed by atoms with Gasteiger partial charge in [-0.2, -0.15) is 24.8 Å². The maximum Gasteiger partial charge on any atom is 0.252 e. The summed E-state index contributed by atoms with van der Waals surface area (Å²) in [5.74, 6) is 2.79. The molecule has 11 rings (SSSR count). The number of aromatic amines is 1. The zero-order valence-electron chi connectivity index (χ0n) is 33.9. The molecule has 63 heavy (non-hydrogen) atoms. The molecule has 4 aromatic carbocycles. The summed E-state index contributed by atoms with van der Waals surface area (Å²) in [5, 5.41) is 21.9. The number of H-pyrrole nitrogens is 1. The molecule has 0 atom stereocenters. The molecule has 0 amide bonds. The number of hydrogen-bond donors (Lipinski definition) is 1. The van der Waals surface area contributed by atoms with Crippen molar-refractivity contribution in [3.63, 3.8) is 0 Å². The zero-order valence-corrected chi connectivity index (χ0v) is 33.9. The van der Waals surface area contributed by atoms with E-state index in [2.05, 4.69) is 74.7 Å². The Balaban J connectivity index is 0.000000152. The van der Waals surface area contributed by atoms with Crippen LogP contribution >= 0.6 is 0 Å². The Morgan fingerprint density at radius 1 is 0.524 bits per heavy atom. The van der Waals surface area contributed by atoms with Gasteiger partial charge in [0.1, 0.15) is 30.5 Å². The monoisotopic (exact) mass is 823 g/mol. The van der Waals surface area contributed by atoms with Crippen LogP contribution in [0.25, 0.3) is 72.4 Å². The minimum atomic E-state index is 0.397. The van der Waals surface area contributed by atoms with E-state index >= 15 is 0 Å². The van der Waals surface area contributed by atoms with Crippen molar-refractivity contribution in [3.8, 4) is 56.3 Å². The molecule has 7 heterocycles. The van der Waals surface area contributed by atoms with Gasteiger partial charge in [-0.3, -0.25) is 10.1 Å². The number of fused-ring (bicyclic) bond motifs is 3. The second-order valence-corrected chi connectivity index (χ2v) is 14.5. The van der Waals surface area contributed by atoms with Gasteiger partial charge in [-0.25, -0.2) is 15.0 Å². The SMILES string of the molecule is Cc1nc2ncc(-c3ccncc3)c(-c3ccc(OCc4ccc5ccccc5n4)cc3)n2n1.c1ccc2nc(COc3ccc(-c4[nH]ncc4-c4ccnnc4)cc3)ccc2c1. The van der Waals surface area contributed by atoms with E-state index in [4.69, 9.17) is 9.47 Å². The van der Waals surface area contributed by atoms with Crippen molar-refractivity contribution in [2.24, 2.45) is 0 Å². The van der Waals surface area contributed by atoms with Crippen LogP contribution in [0.1, 0.15) is 17.2 Å². The lowest BCUT2D eigenvalue weighted by atomic mass is 10.0. The molecule has 0 radical (unpaired) electrons. The van der Waals surface area contributed by atoms with Gasteiger partial charge in [0, 0.05) is 57.2 Å². The smallest absolute Gasteiger partial charge is 0.252 e. The second-order valence-electron chi connectivity index (χ2n) is 14.5. The van der Waals surface area contributed by atoms with E-state index in [1.54, 1.807) is 35.5 Å². The number of nitrogens with zero attached hydrogens (tertiary/aromatic N) is 10. The van der Waals surface area contributed by atoms with E-state index in [1.165, 1.54) is 0 Å². The summed E-state index contributed by atoms with van der Waals surface area (Å²) >= 11 is 0. The Kier molecular flexibility index (Phi) is 10.7. The summed E-state index contributed by atoms with van der Waals surface area (Å²) < 4.78 is 13.7. The van der Waals surface area contributed by atoms with Gasteiger partial charge in [0.2, 0.25) is 0 Å². The maximum atomic E-state index is 6.02. The van der Waals surface area contributed by atoms with E-state index in [9.17, 15) is 0 Å². The first-order chi connectivity index (χ1) is 31.1. The fourth-order valence-electron chi connectivity index (χ4n) is 7.25. The van der Waals surface area contributed by atoms with Crippen molar-refractivity contribution in [2.75, 3.05) is 0 Å². The van der Waals surface area contributed by atoms with Crippen LogP contribution in [0.3, 0.4) is 0 Å². The third-order valence-electron chi connectivity index (χ3n) is 10.4. The van der Waals surface area contributed by atoms with Gasteiger partial charge in [0.05, 0.1) is 52.4 Å². The Morgan fingerprint density at radius 2 is 1.14 bits per heavy atom. The largest absolute Gasteiger partial charge is 0.487 e. The van der Waals surface area contributed by atoms with Gasteiger partial charge in [-0.1, -0.05) is 48.5 Å². The van der Waals surface area contributed by atoms with Crippen LogP contribution in [-0.2, 0) is 13.2 Å². The van der Waals surface area contributed by atoms with Crippen molar-refractivity contribution in [2.45, 2.75) is 20.1 Å². The van der Waals surface area contributed by atoms with Crippen molar-refractivity contribution in [1.29, 1.82) is 0 Å². The molecule has 0 saturated heterocycles. The predicted molar refractivity (Wildman–Crippen MR) is 241 cm³/mol. The molecule has 0 aliphatic heterocycles. The summed E-state index contributed by atoms with van der Waals surface area (Å²) in [6, 6.07) is 46.0. The minimum absolute atomic E-state index is 0.397. The number of hydrogen-bond acceptors (Lipinski definition) is 11. The van der Waals surface area contributed by atoms with Crippen LogP contribution in [0.15, 0.2) is 177 Å². The Hall–Kier alpha value is -8.71. The third kappa shape index (κ3) is 8.52. The number of aromatic nitrogens is 11. The van der Waals surface area contributed by atoms with Crippen molar-refractivity contribution in [1.82, 2.24) is 54.9 Å². The van der Waals surface area contributed by atoms with Crippen LogP contribution in [0.5, 0.6) is 11.5 Å². The molecule has 13 nitrogen and oxygen atoms in total. The Morgan fingerprint density at radius 3 is 1.78 bits per heavy atom. The van der Waals surface area contributed by atoms with Gasteiger partial charge in [0.25, 0.3) is 5.78 Å². The number of ether oxygens (including phenoxy) is 2. The first-order valence-electron chi connectivity index (χ1n) is 20.2. The third-order valence-corrected chi connectivity index (χ3v) is 10.4. The summed E-state index contributed by atoms with van der Waals surface area (Å²) in [7, 11) is 0. The summed E-state index contributed by atoms with van der Waals surface area (Å²) in [4.78, 5) is 22.4. The molecular formula is C50H37N11O2. The molecule has 0 fully saturated rings. The molecule has 0 aliphatic carbocycles. The highest BCUT2D eigenvalue weighted by Gasteiger charge is 2.16. The number of aryl methyl sites for hydroxylation is 1. The number of nitrogens with one attached hydrogen (secondary N) is 1. The number of rotatable bonds is 10. The standard InChI is InChI=1S/C27H20N6O.C23H17N5O/c1-18-30-27-29-16-24(19-12-14-28-15-13-19)26(33(27)32-18)21-7-10-23(11-8-21)34-17-22-9-6-20-4-2-3-5-25(20)31-22;1-2-4-22-16(3-1)5-8-19(27-22)15-29-20-9-6-17(7-10-20)23-21(14-26-28-23)18-11-12-24-25-13-18/h2-16H,17H2,1H3;1-14H,15H2,(H,26,28). The average Bonchev–Trinajstić information content (AvgIpc) is 4.00. The summed E-state index contributed by atoms with van der Waals surface area (Å²) in [5.41, 5.74) is 11.5. The van der Waals surface area contributed by atoms with Crippen LogP contribution < -0.4 is 9.47 Å². The normalized spacial score (nSPS) is 11.1. The van der Waals surface area contributed by atoms with E-state index in [0.29, 0.717) is 24.8 Å². The summed E-state index contributed by atoms with van der Waals surface area (Å²) in [6.07, 6.45) is 10.6. The lowest BCUT2D eigenvalue weighted by Gasteiger charge is -2.12. The molecule has 1 N–H and O–H groups in total. The van der Waals surface area contributed by atoms with Crippen molar-refractivity contribution >= 4 is 27.6 Å². The predicted octanol–water partition coefficient (Wildman–Crippen LogP) is 9.95. The lowest BCUT2D eigenvalue weighted by molar-refractivity contribution is 0.302. The van der Waals surface area contributed by atoms with E-state index in [-0.39, 0.29) is 0 Å². The van der Waals surface area contributed by atoms with Gasteiger partial charge >= 0.3 is 0 Å². The molecule has 11 aromatic rings. The average molecular weight is 824 g/mol. The maximum absolute atomic E-state index is 6.02. The quantitative estimate of drug-likeness (QED) is 0.140. The van der Waals surface area contributed by atoms with Crippen molar-refractivity contribution in [3.05, 3.63) is 194 Å². The summed E-state index contributed by atoms with van der Waals surface area (Å²) in [6.45, 7) is 2.68. The molecule has 0 unspecified atom stereocenters. The number of para-hydroxylation sites is 2. The molecule has 7 aromatic heterocycles. The van der Waals surface area contributed by atoms with Gasteiger partial charge in [-0.15, -0.1) is 5.10 Å². The van der Waals surface area contributed by atoms with Crippen molar-refractivity contribution < 1.29 is 9.47 Å². The van der Waals surface area contributed by atoms with Gasteiger partial charge in [0.15, 0.2) is 0 Å². The fourth-order valence-corrected chi connectivity index (χ4v) is 7.25. The first-order valence-corrected chi connectivity index (χ1v) is 20.2. The molecule has 0 aliphatic rings. The lowest BCUT2D eigenvalue weighted by Crippen LogP contribution is -2.01. The Labute approximate surface area is 361 Å². The van der Waals surface area contributed by atoms with Crippen LogP contribution in [0.4, 0.5) is 0 Å². The molecule has 0 saturated carbocycles. The highest BCUT2D eigenvalue weighted by atomic mass is 16.5. The minimum Gasteiger partial charge on any atom is -0.487 e. The van der Waals surface area contributed by atoms with E-state index in [1.807, 2.05) is 128 Å². The highest BCUT2D eigenvalue weighted by molar-refractivity contribution is 5.83. The van der Waals surface area contributed by atoms with Crippen LogP contribution in [-0.4, -0.2) is 54.9 Å². The van der Waals surface area contributed by atoms with Crippen LogP contribution in [0.2, 0.25) is 0 Å². The molecular weight excluding hydrogens is 787 g/mol. The zero-order chi connectivity index (χ0) is 42.4. The second kappa shape index (κ2) is 17.5. The van der Waals surface area contributed by atoms with Gasteiger partial charge < -0.3 is 9.47 Å². The highest BCUT2D eigenvalue weighted by Crippen LogP contribution is 2.33.